The lowest BCUT2D eigenvalue weighted by molar-refractivity contribution is 0.525. The van der Waals surface area contributed by atoms with Crippen molar-refractivity contribution in [3.63, 3.8) is 0 Å². The predicted octanol–water partition coefficient (Wildman–Crippen LogP) is 4.09. The van der Waals surface area contributed by atoms with E-state index in [1.54, 1.807) is 32.2 Å². The summed E-state index contributed by atoms with van der Waals surface area (Å²) in [6, 6.07) is 6.07. The molecular weight excluding hydrogens is 405 g/mol. The Kier molecular flexibility index (Phi) is 4.66. The van der Waals surface area contributed by atoms with Crippen LogP contribution in [0.2, 0.25) is 5.02 Å². The third kappa shape index (κ3) is 3.29. The fourth-order valence-corrected chi connectivity index (χ4v) is 3.27. The lowest BCUT2D eigenvalue weighted by Crippen LogP contribution is -2.25. The first-order valence-corrected chi connectivity index (χ1v) is 8.97. The zero-order chi connectivity index (χ0) is 20.9. The zero-order valence-electron chi connectivity index (χ0n) is 15.4. The molecule has 0 fully saturated rings. The van der Waals surface area contributed by atoms with Crippen molar-refractivity contribution in [3.05, 3.63) is 86.4 Å². The highest BCUT2D eigenvalue weighted by molar-refractivity contribution is 6.31. The first kappa shape index (κ1) is 19.2. The zero-order valence-corrected chi connectivity index (χ0v) is 16.1. The first-order valence-electron chi connectivity index (χ1n) is 8.59. The minimum Gasteiger partial charge on any atom is -0.318 e. The average molecular weight is 419 g/mol. The Hall–Kier alpha value is -3.13. The van der Waals surface area contributed by atoms with E-state index in [2.05, 4.69) is 9.97 Å². The molecule has 9 heteroatoms. The summed E-state index contributed by atoms with van der Waals surface area (Å²) in [6.45, 7) is 1.77. The predicted molar refractivity (Wildman–Crippen MR) is 103 cm³/mol. The third-order valence-corrected chi connectivity index (χ3v) is 5.07. The van der Waals surface area contributed by atoms with Gasteiger partial charge >= 0.3 is 0 Å². The molecule has 0 aliphatic heterocycles. The number of imidazole rings is 1. The van der Waals surface area contributed by atoms with Crippen molar-refractivity contribution in [3.8, 4) is 5.69 Å². The van der Waals surface area contributed by atoms with Gasteiger partial charge in [0.05, 0.1) is 12.0 Å². The molecule has 2 aromatic carbocycles. The molecule has 2 heterocycles. The summed E-state index contributed by atoms with van der Waals surface area (Å²) in [6.07, 6.45) is 1.06. The van der Waals surface area contributed by atoms with Crippen LogP contribution in [0.15, 0.2) is 41.5 Å². The van der Waals surface area contributed by atoms with Crippen LogP contribution in [-0.4, -0.2) is 19.1 Å². The minimum atomic E-state index is -1.05. The Morgan fingerprint density at radius 3 is 2.45 bits per heavy atom. The maximum absolute atomic E-state index is 14.3. The lowest BCUT2D eigenvalue weighted by Gasteiger charge is -2.14. The van der Waals surface area contributed by atoms with Gasteiger partial charge in [0.2, 0.25) is 0 Å². The van der Waals surface area contributed by atoms with Gasteiger partial charge in [-0.25, -0.2) is 23.1 Å². The van der Waals surface area contributed by atoms with Gasteiger partial charge in [-0.05, 0) is 30.7 Å². The van der Waals surface area contributed by atoms with E-state index in [1.807, 2.05) is 0 Å². The van der Waals surface area contributed by atoms with Gasteiger partial charge < -0.3 is 4.57 Å². The molecule has 0 bridgehead atoms. The number of halogens is 4. The van der Waals surface area contributed by atoms with E-state index < -0.39 is 23.0 Å². The molecule has 0 aliphatic carbocycles. The Morgan fingerprint density at radius 1 is 1.10 bits per heavy atom. The topological polar surface area (TPSA) is 52.7 Å². The van der Waals surface area contributed by atoms with Gasteiger partial charge in [-0.1, -0.05) is 11.6 Å². The van der Waals surface area contributed by atoms with E-state index in [4.69, 9.17) is 11.6 Å². The highest BCUT2D eigenvalue weighted by Crippen LogP contribution is 2.23. The molecule has 5 nitrogen and oxygen atoms in total. The van der Waals surface area contributed by atoms with E-state index >= 15 is 0 Å². The number of aromatic nitrogens is 4. The smallest absolute Gasteiger partial charge is 0.286 e. The number of hydrogen-bond acceptors (Lipinski definition) is 3. The van der Waals surface area contributed by atoms with Crippen molar-refractivity contribution in [1.29, 1.82) is 0 Å². The minimum absolute atomic E-state index is 0.0808. The lowest BCUT2D eigenvalue weighted by atomic mass is 10.1. The SMILES string of the molecule is Cc1cc(-n2c(Cc3c(F)cc(F)cc3F)nc3c(ncn3C)c2=O)ccc1Cl. The van der Waals surface area contributed by atoms with Gasteiger partial charge in [0.25, 0.3) is 5.56 Å². The standard InChI is InChI=1S/C20H14ClF3N4O/c1-10-5-12(3-4-14(10)21)28-17(8-13-15(23)6-11(22)7-16(13)24)26-19-18(20(28)29)25-9-27(19)2/h3-7,9H,8H2,1-2H3. The fourth-order valence-electron chi connectivity index (χ4n) is 3.15. The highest BCUT2D eigenvalue weighted by Gasteiger charge is 2.20. The second-order valence-electron chi connectivity index (χ2n) is 6.65. The highest BCUT2D eigenvalue weighted by atomic mass is 35.5. The normalized spacial score (nSPS) is 11.4. The van der Waals surface area contributed by atoms with Crippen molar-refractivity contribution in [1.82, 2.24) is 19.1 Å². The summed E-state index contributed by atoms with van der Waals surface area (Å²) in [7, 11) is 1.65. The van der Waals surface area contributed by atoms with Crippen LogP contribution in [0.25, 0.3) is 16.9 Å². The summed E-state index contributed by atoms with van der Waals surface area (Å²) in [5.41, 5.74) is 0.644. The molecule has 0 spiro atoms. The Balaban J connectivity index is 2.00. The van der Waals surface area contributed by atoms with Crippen LogP contribution in [0, 0.1) is 24.4 Å². The maximum atomic E-state index is 14.3. The Labute approximate surface area is 168 Å². The van der Waals surface area contributed by atoms with Gasteiger partial charge in [-0.2, -0.15) is 0 Å². The molecule has 0 unspecified atom stereocenters. The van der Waals surface area contributed by atoms with E-state index in [9.17, 15) is 18.0 Å². The van der Waals surface area contributed by atoms with Crippen LogP contribution in [-0.2, 0) is 13.5 Å². The second kappa shape index (κ2) is 7.04. The van der Waals surface area contributed by atoms with Crippen molar-refractivity contribution in [2.24, 2.45) is 7.05 Å². The average Bonchev–Trinajstić information content (AvgIpc) is 3.02. The number of aryl methyl sites for hydroxylation is 2. The monoisotopic (exact) mass is 418 g/mol. The number of rotatable bonds is 3. The molecular formula is C20H14ClF3N4O. The van der Waals surface area contributed by atoms with Crippen LogP contribution >= 0.6 is 11.6 Å². The maximum Gasteiger partial charge on any atom is 0.286 e. The van der Waals surface area contributed by atoms with Gasteiger partial charge in [0.15, 0.2) is 11.2 Å². The van der Waals surface area contributed by atoms with Crippen molar-refractivity contribution >= 4 is 22.8 Å². The van der Waals surface area contributed by atoms with Crippen LogP contribution in [0.3, 0.4) is 0 Å². The molecule has 0 saturated carbocycles. The van der Waals surface area contributed by atoms with E-state index in [1.165, 1.54) is 15.5 Å². The molecule has 0 aliphatic rings. The molecule has 29 heavy (non-hydrogen) atoms. The number of nitrogens with zero attached hydrogens (tertiary/aromatic N) is 4. The molecule has 0 radical (unpaired) electrons. The van der Waals surface area contributed by atoms with Gasteiger partial charge in [0.1, 0.15) is 23.3 Å². The molecule has 0 amide bonds. The third-order valence-electron chi connectivity index (χ3n) is 4.65. The summed E-state index contributed by atoms with van der Waals surface area (Å²) in [5, 5.41) is 0.505. The molecule has 0 atom stereocenters. The summed E-state index contributed by atoms with van der Waals surface area (Å²) in [5.74, 6) is -3.05. The number of hydrogen-bond donors (Lipinski definition) is 0. The van der Waals surface area contributed by atoms with E-state index in [-0.39, 0.29) is 29.0 Å². The Bertz CT molecular complexity index is 1310. The van der Waals surface area contributed by atoms with Crippen molar-refractivity contribution in [2.45, 2.75) is 13.3 Å². The molecule has 0 saturated heterocycles. The molecule has 2 aromatic heterocycles. The van der Waals surface area contributed by atoms with Crippen molar-refractivity contribution < 1.29 is 13.2 Å². The van der Waals surface area contributed by atoms with Crippen LogP contribution in [0.4, 0.5) is 13.2 Å². The number of fused-ring (bicyclic) bond motifs is 1. The summed E-state index contributed by atoms with van der Waals surface area (Å²) in [4.78, 5) is 21.6. The van der Waals surface area contributed by atoms with Crippen LogP contribution in [0.1, 0.15) is 17.0 Å². The molecule has 148 valence electrons. The largest absolute Gasteiger partial charge is 0.318 e. The first-order chi connectivity index (χ1) is 13.8. The van der Waals surface area contributed by atoms with Crippen molar-refractivity contribution in [2.75, 3.05) is 0 Å². The summed E-state index contributed by atoms with van der Waals surface area (Å²) < 4.78 is 44.6. The molecule has 0 N–H and O–H groups in total. The van der Waals surface area contributed by atoms with Crippen LogP contribution < -0.4 is 5.56 Å². The molecule has 4 rings (SSSR count). The van der Waals surface area contributed by atoms with Gasteiger partial charge in [-0.15, -0.1) is 0 Å². The van der Waals surface area contributed by atoms with E-state index in [0.29, 0.717) is 28.4 Å². The number of benzene rings is 2. The summed E-state index contributed by atoms with van der Waals surface area (Å²) >= 11 is 6.08. The quantitative estimate of drug-likeness (QED) is 0.503. The van der Waals surface area contributed by atoms with Gasteiger partial charge in [-0.3, -0.25) is 9.36 Å². The molecule has 4 aromatic rings. The van der Waals surface area contributed by atoms with Gasteiger partial charge in [0, 0.05) is 36.2 Å². The Morgan fingerprint density at radius 2 is 1.79 bits per heavy atom. The fraction of sp³-hybridized carbons (Fsp3) is 0.150. The van der Waals surface area contributed by atoms with E-state index in [0.717, 1.165) is 0 Å². The second-order valence-corrected chi connectivity index (χ2v) is 7.06. The van der Waals surface area contributed by atoms with Crippen LogP contribution in [0.5, 0.6) is 0 Å².